The van der Waals surface area contributed by atoms with Crippen molar-refractivity contribution >= 4 is 17.7 Å². The normalized spacial score (nSPS) is 27.1. The number of hydrogen-bond acceptors (Lipinski definition) is 7. The molecular formula is C19H28F3N5O3. The summed E-state index contributed by atoms with van der Waals surface area (Å²) in [4.78, 5) is 20.3. The third-order valence-electron chi connectivity index (χ3n) is 5.76. The highest BCUT2D eigenvalue weighted by atomic mass is 19.4. The number of carbonyl (C=O) groups is 1. The number of carbonyl (C=O) groups excluding carboxylic acids is 1. The second kappa shape index (κ2) is 9.78. The summed E-state index contributed by atoms with van der Waals surface area (Å²) in [6.07, 6.45) is 1.65. The Bertz CT molecular complexity index is 726. The Hall–Kier alpha value is -2.14. The molecule has 0 aromatic carbocycles. The van der Waals surface area contributed by atoms with Crippen molar-refractivity contribution in [2.75, 3.05) is 23.8 Å². The maximum atomic E-state index is 12.3. The highest BCUT2D eigenvalue weighted by molar-refractivity contribution is 5.97. The van der Waals surface area contributed by atoms with Crippen LogP contribution in [-0.4, -0.2) is 58.6 Å². The van der Waals surface area contributed by atoms with Crippen molar-refractivity contribution in [3.05, 3.63) is 11.8 Å². The molecule has 2 aliphatic rings. The van der Waals surface area contributed by atoms with Crippen LogP contribution >= 0.6 is 0 Å². The number of halogens is 3. The maximum absolute atomic E-state index is 12.3. The molecule has 11 heteroatoms. The number of alkyl halides is 3. The summed E-state index contributed by atoms with van der Waals surface area (Å²) in [5.74, 6) is 0.0854. The van der Waals surface area contributed by atoms with Crippen LogP contribution in [0, 0.1) is 5.92 Å². The van der Waals surface area contributed by atoms with Gasteiger partial charge in [0.1, 0.15) is 12.4 Å². The number of ether oxygens (including phenoxy) is 1. The summed E-state index contributed by atoms with van der Waals surface area (Å²) in [6.45, 7) is -1.17. The highest BCUT2D eigenvalue weighted by Crippen LogP contribution is 2.30. The molecule has 1 amide bonds. The molecule has 2 atom stereocenters. The second-order valence-corrected chi connectivity index (χ2v) is 7.99. The molecule has 5 N–H and O–H groups in total. The fraction of sp³-hybridized carbons (Fsp3) is 0.737. The van der Waals surface area contributed by atoms with E-state index in [0.717, 1.165) is 19.3 Å². The predicted octanol–water partition coefficient (Wildman–Crippen LogP) is 2.45. The molecule has 0 spiro atoms. The van der Waals surface area contributed by atoms with Crippen LogP contribution in [0.25, 0.3) is 0 Å². The van der Waals surface area contributed by atoms with Crippen LogP contribution in [-0.2, 0) is 4.74 Å². The Morgan fingerprint density at radius 3 is 2.57 bits per heavy atom. The number of anilines is 2. The highest BCUT2D eigenvalue weighted by Gasteiger charge is 2.31. The molecule has 3 rings (SSSR count). The zero-order valence-corrected chi connectivity index (χ0v) is 16.6. The number of nitrogens with two attached hydrogens (primary N) is 1. The lowest BCUT2D eigenvalue weighted by atomic mass is 9.93. The zero-order valence-electron chi connectivity index (χ0n) is 16.6. The van der Waals surface area contributed by atoms with Gasteiger partial charge >= 0.3 is 6.18 Å². The molecule has 1 heterocycles. The van der Waals surface area contributed by atoms with E-state index in [1.807, 2.05) is 0 Å². The molecule has 0 bridgehead atoms. The van der Waals surface area contributed by atoms with Gasteiger partial charge in [-0.05, 0) is 38.5 Å². The fourth-order valence-electron chi connectivity index (χ4n) is 4.13. The van der Waals surface area contributed by atoms with E-state index in [1.165, 1.54) is 6.20 Å². The molecule has 168 valence electrons. The maximum Gasteiger partial charge on any atom is 0.411 e. The van der Waals surface area contributed by atoms with E-state index in [0.29, 0.717) is 37.4 Å². The second-order valence-electron chi connectivity index (χ2n) is 7.99. The number of aliphatic hydroxyl groups is 1. The van der Waals surface area contributed by atoms with Crippen LogP contribution in [0.1, 0.15) is 55.3 Å². The molecule has 1 aromatic rings. The zero-order chi connectivity index (χ0) is 21.7. The van der Waals surface area contributed by atoms with Crippen molar-refractivity contribution < 1.29 is 27.8 Å². The molecular weight excluding hydrogens is 403 g/mol. The minimum atomic E-state index is -4.32. The predicted molar refractivity (Wildman–Crippen MR) is 104 cm³/mol. The lowest BCUT2D eigenvalue weighted by Gasteiger charge is -2.29. The fourth-order valence-corrected chi connectivity index (χ4v) is 4.13. The number of rotatable bonds is 8. The van der Waals surface area contributed by atoms with Crippen molar-refractivity contribution in [2.24, 2.45) is 11.7 Å². The number of aliphatic hydroxyl groups excluding tert-OH is 1. The molecule has 2 saturated carbocycles. The van der Waals surface area contributed by atoms with E-state index in [2.05, 4.69) is 20.6 Å². The molecule has 0 aliphatic heterocycles. The van der Waals surface area contributed by atoms with E-state index in [4.69, 9.17) is 10.5 Å². The van der Waals surface area contributed by atoms with E-state index in [9.17, 15) is 23.1 Å². The Labute approximate surface area is 172 Å². The molecule has 0 saturated heterocycles. The van der Waals surface area contributed by atoms with Gasteiger partial charge in [-0.25, -0.2) is 4.98 Å². The Kier molecular flexibility index (Phi) is 7.35. The van der Waals surface area contributed by atoms with Gasteiger partial charge in [0.2, 0.25) is 5.95 Å². The average molecular weight is 431 g/mol. The number of nitrogens with one attached hydrogen (secondary N) is 2. The monoisotopic (exact) mass is 431 g/mol. The third kappa shape index (κ3) is 6.18. The van der Waals surface area contributed by atoms with Crippen LogP contribution in [0.2, 0.25) is 0 Å². The quantitative estimate of drug-likeness (QED) is 0.499. The minimum absolute atomic E-state index is 0.000291. The van der Waals surface area contributed by atoms with E-state index in [1.54, 1.807) is 0 Å². The van der Waals surface area contributed by atoms with E-state index >= 15 is 0 Å². The Morgan fingerprint density at radius 2 is 1.93 bits per heavy atom. The summed E-state index contributed by atoms with van der Waals surface area (Å²) in [7, 11) is 0. The summed E-state index contributed by atoms with van der Waals surface area (Å²) in [6, 6.07) is -0.00300. The van der Waals surface area contributed by atoms with Gasteiger partial charge in [-0.3, -0.25) is 4.79 Å². The number of primary amides is 1. The lowest BCUT2D eigenvalue weighted by molar-refractivity contribution is -0.187. The molecule has 30 heavy (non-hydrogen) atoms. The molecule has 0 radical (unpaired) electrons. The van der Waals surface area contributed by atoms with Crippen LogP contribution in [0.3, 0.4) is 0 Å². The number of amides is 1. The van der Waals surface area contributed by atoms with Crippen LogP contribution in [0.15, 0.2) is 6.20 Å². The molecule has 2 aliphatic carbocycles. The van der Waals surface area contributed by atoms with Crippen LogP contribution < -0.4 is 16.4 Å². The molecule has 1 unspecified atom stereocenters. The first-order chi connectivity index (χ1) is 14.2. The largest absolute Gasteiger partial charge is 0.411 e. The summed E-state index contributed by atoms with van der Waals surface area (Å²) < 4.78 is 41.8. The topological polar surface area (TPSA) is 122 Å². The molecule has 1 aromatic heterocycles. The van der Waals surface area contributed by atoms with E-state index in [-0.39, 0.29) is 30.2 Å². The first-order valence-electron chi connectivity index (χ1n) is 10.2. The van der Waals surface area contributed by atoms with Crippen molar-refractivity contribution in [3.63, 3.8) is 0 Å². The van der Waals surface area contributed by atoms with Crippen molar-refractivity contribution in [1.82, 2.24) is 9.97 Å². The van der Waals surface area contributed by atoms with Gasteiger partial charge in [-0.2, -0.15) is 18.2 Å². The lowest BCUT2D eigenvalue weighted by Crippen LogP contribution is -2.33. The van der Waals surface area contributed by atoms with Crippen LogP contribution in [0.5, 0.6) is 0 Å². The molecule has 8 nitrogen and oxygen atoms in total. The summed E-state index contributed by atoms with van der Waals surface area (Å²) in [5, 5.41) is 15.9. The average Bonchev–Trinajstić information content (AvgIpc) is 3.14. The standard InChI is InChI=1S/C19H28F3N5O3/c20-19(21,22)10-30-13-6-4-12(5-7-13)25-18-24-8-14(16(23)29)17(27-18)26-15-3-1-2-11(15)9-28/h8,11-13,15,28H,1-7,9-10H2,(H2,23,29)(H2,24,25,26,27)/t11-,12?,13?,15?/m0/s1. The van der Waals surface area contributed by atoms with Gasteiger partial charge in [0.25, 0.3) is 5.91 Å². The van der Waals surface area contributed by atoms with Crippen LogP contribution in [0.4, 0.5) is 24.9 Å². The van der Waals surface area contributed by atoms with Gasteiger partial charge in [0.05, 0.1) is 11.7 Å². The number of aromatic nitrogens is 2. The number of hydrogen-bond donors (Lipinski definition) is 4. The van der Waals surface area contributed by atoms with Gasteiger partial charge < -0.3 is 26.2 Å². The third-order valence-corrected chi connectivity index (χ3v) is 5.76. The number of nitrogens with zero attached hydrogens (tertiary/aromatic N) is 2. The molecule has 2 fully saturated rings. The van der Waals surface area contributed by atoms with E-state index < -0.39 is 24.8 Å². The van der Waals surface area contributed by atoms with Gasteiger partial charge in [0, 0.05) is 30.8 Å². The SMILES string of the molecule is NC(=O)c1cnc(NC2CCC(OCC(F)(F)F)CC2)nc1NC1CCC[C@H]1CO. The minimum Gasteiger partial charge on any atom is -0.396 e. The Balaban J connectivity index is 1.59. The van der Waals surface area contributed by atoms with Crippen molar-refractivity contribution in [2.45, 2.75) is 69.3 Å². The summed E-state index contributed by atoms with van der Waals surface area (Å²) in [5.41, 5.74) is 5.62. The van der Waals surface area contributed by atoms with Crippen molar-refractivity contribution in [3.8, 4) is 0 Å². The van der Waals surface area contributed by atoms with Gasteiger partial charge in [-0.15, -0.1) is 0 Å². The summed E-state index contributed by atoms with van der Waals surface area (Å²) >= 11 is 0. The Morgan fingerprint density at radius 1 is 1.20 bits per heavy atom. The van der Waals surface area contributed by atoms with Gasteiger partial charge in [-0.1, -0.05) is 6.42 Å². The van der Waals surface area contributed by atoms with Crippen molar-refractivity contribution in [1.29, 1.82) is 0 Å². The smallest absolute Gasteiger partial charge is 0.396 e. The first kappa shape index (κ1) is 22.5. The van der Waals surface area contributed by atoms with Gasteiger partial charge in [0.15, 0.2) is 0 Å². The first-order valence-corrected chi connectivity index (χ1v) is 10.2.